The number of aliphatic carboxylic acids is 1. The minimum atomic E-state index is -0.885. The molecule has 0 aromatic heterocycles. The predicted octanol–water partition coefficient (Wildman–Crippen LogP) is 3.92. The Labute approximate surface area is 151 Å². The fraction of sp³-hybridized carbons (Fsp3) is 0.684. The summed E-state index contributed by atoms with van der Waals surface area (Å²) in [4.78, 5) is 23.3. The van der Waals surface area contributed by atoms with Crippen LogP contribution in [-0.2, 0) is 14.3 Å². The number of nitrogens with one attached hydrogen (secondary N) is 1. The third kappa shape index (κ3) is 11.4. The van der Waals surface area contributed by atoms with Gasteiger partial charge in [0.05, 0.1) is 24.7 Å². The molecule has 3 atom stereocenters. The highest BCUT2D eigenvalue weighted by Crippen LogP contribution is 2.20. The van der Waals surface area contributed by atoms with E-state index in [0.717, 1.165) is 0 Å². The summed E-state index contributed by atoms with van der Waals surface area (Å²) in [6.07, 6.45) is 4.78. The summed E-state index contributed by atoms with van der Waals surface area (Å²) < 4.78 is 11.0. The van der Waals surface area contributed by atoms with Crippen LogP contribution in [0.5, 0.6) is 0 Å². The molecule has 0 aliphatic heterocycles. The highest BCUT2D eigenvalue weighted by molar-refractivity contribution is 5.70. The van der Waals surface area contributed by atoms with E-state index in [1.807, 2.05) is 0 Å². The molecule has 0 aliphatic carbocycles. The summed E-state index contributed by atoms with van der Waals surface area (Å²) >= 11 is 0. The van der Waals surface area contributed by atoms with Gasteiger partial charge in [-0.1, -0.05) is 12.2 Å². The Morgan fingerprint density at radius 3 is 2.20 bits per heavy atom. The number of alkyl carbamates (subject to hydrolysis) is 1. The average molecular weight is 355 g/mol. The number of rotatable bonds is 12. The second-order valence-corrected chi connectivity index (χ2v) is 7.10. The largest absolute Gasteiger partial charge is 0.481 e. The molecule has 0 unspecified atom stereocenters. The van der Waals surface area contributed by atoms with E-state index in [4.69, 9.17) is 9.47 Å². The third-order valence-electron chi connectivity index (χ3n) is 3.43. The van der Waals surface area contributed by atoms with Crippen LogP contribution in [0.15, 0.2) is 25.3 Å². The van der Waals surface area contributed by atoms with Crippen LogP contribution in [-0.4, -0.2) is 41.5 Å². The molecule has 144 valence electrons. The number of carbonyl (C=O) groups excluding carboxylic acids is 1. The molecule has 0 heterocycles. The van der Waals surface area contributed by atoms with Gasteiger partial charge in [0, 0.05) is 0 Å². The lowest BCUT2D eigenvalue weighted by Crippen LogP contribution is -2.41. The summed E-state index contributed by atoms with van der Waals surface area (Å²) in [5.41, 5.74) is -0.573. The van der Waals surface area contributed by atoms with Crippen LogP contribution < -0.4 is 5.32 Å². The molecule has 0 aromatic rings. The minimum absolute atomic E-state index is 0.207. The molecular formula is C19H33NO5. The predicted molar refractivity (Wildman–Crippen MR) is 98.6 cm³/mol. The number of carboxylic acid groups (broad SMARTS) is 1. The molecule has 6 heteroatoms. The molecule has 0 spiro atoms. The number of hydrogen-bond donors (Lipinski definition) is 2. The molecule has 25 heavy (non-hydrogen) atoms. The van der Waals surface area contributed by atoms with Crippen molar-refractivity contribution in [3.8, 4) is 0 Å². The Morgan fingerprint density at radius 2 is 1.72 bits per heavy atom. The number of carbonyl (C=O) groups is 2. The molecule has 2 N–H and O–H groups in total. The van der Waals surface area contributed by atoms with Crippen LogP contribution in [0, 0.1) is 5.92 Å². The van der Waals surface area contributed by atoms with E-state index in [1.54, 1.807) is 39.8 Å². The molecule has 1 amide bonds. The second-order valence-electron chi connectivity index (χ2n) is 7.10. The first-order valence-corrected chi connectivity index (χ1v) is 8.66. The van der Waals surface area contributed by atoms with Crippen LogP contribution >= 0.6 is 0 Å². The van der Waals surface area contributed by atoms with Gasteiger partial charge in [-0.3, -0.25) is 4.79 Å². The van der Waals surface area contributed by atoms with Crippen molar-refractivity contribution in [2.24, 2.45) is 5.92 Å². The summed E-state index contributed by atoms with van der Waals surface area (Å²) in [5, 5.41) is 12.2. The van der Waals surface area contributed by atoms with Crippen molar-refractivity contribution in [2.45, 2.75) is 71.1 Å². The number of allylic oxidation sites excluding steroid dienone is 2. The Bertz CT molecular complexity index is 442. The maximum Gasteiger partial charge on any atom is 0.407 e. The van der Waals surface area contributed by atoms with Crippen LogP contribution in [0.2, 0.25) is 0 Å². The highest BCUT2D eigenvalue weighted by atomic mass is 16.6. The van der Waals surface area contributed by atoms with Gasteiger partial charge >= 0.3 is 12.1 Å². The van der Waals surface area contributed by atoms with Gasteiger partial charge in [-0.25, -0.2) is 4.79 Å². The second kappa shape index (κ2) is 11.7. The monoisotopic (exact) mass is 355 g/mol. The Kier molecular flexibility index (Phi) is 10.8. The fourth-order valence-corrected chi connectivity index (χ4v) is 2.27. The summed E-state index contributed by atoms with van der Waals surface area (Å²) in [6.45, 7) is 14.7. The number of hydrogen-bond acceptors (Lipinski definition) is 4. The quantitative estimate of drug-likeness (QED) is 0.518. The average Bonchev–Trinajstić information content (AvgIpc) is 2.46. The normalized spacial score (nSPS) is 14.9. The lowest BCUT2D eigenvalue weighted by Gasteiger charge is -2.26. The lowest BCUT2D eigenvalue weighted by molar-refractivity contribution is -0.148. The first-order chi connectivity index (χ1) is 11.6. The van der Waals surface area contributed by atoms with E-state index < -0.39 is 29.7 Å². The first-order valence-electron chi connectivity index (χ1n) is 8.66. The SMILES string of the molecule is C=CCC[C@@H](OC[C@@H](C)NC(=O)OC(C)(C)C)[C@@H](CCC=C)C(=O)O. The van der Waals surface area contributed by atoms with Gasteiger partial charge in [0.25, 0.3) is 0 Å². The molecule has 0 saturated carbocycles. The van der Waals surface area contributed by atoms with Crippen molar-refractivity contribution in [2.75, 3.05) is 6.61 Å². The summed E-state index contributed by atoms with van der Waals surface area (Å²) in [6, 6.07) is -0.296. The molecule has 0 rings (SSSR count). The van der Waals surface area contributed by atoms with Crippen LogP contribution in [0.25, 0.3) is 0 Å². The molecule has 0 fully saturated rings. The summed E-state index contributed by atoms with van der Waals surface area (Å²) in [5.74, 6) is -1.50. The fourth-order valence-electron chi connectivity index (χ4n) is 2.27. The van der Waals surface area contributed by atoms with Crippen LogP contribution in [0.1, 0.15) is 53.4 Å². The number of ether oxygens (including phenoxy) is 2. The third-order valence-corrected chi connectivity index (χ3v) is 3.43. The zero-order chi connectivity index (χ0) is 19.5. The molecule has 0 radical (unpaired) electrons. The Hall–Kier alpha value is -1.82. The molecular weight excluding hydrogens is 322 g/mol. The highest BCUT2D eigenvalue weighted by Gasteiger charge is 2.28. The maximum absolute atomic E-state index is 11.8. The van der Waals surface area contributed by atoms with E-state index in [2.05, 4.69) is 18.5 Å². The standard InChI is InChI=1S/C19H33NO5/c1-7-9-11-15(17(21)22)16(12-10-8-2)24-13-14(3)20-18(23)25-19(4,5)6/h7-8,14-16H,1-2,9-13H2,3-6H3,(H,20,23)(H,21,22)/t14-,15-,16-/m1/s1. The minimum Gasteiger partial charge on any atom is -0.481 e. The molecule has 0 saturated heterocycles. The lowest BCUT2D eigenvalue weighted by atomic mass is 9.93. The van der Waals surface area contributed by atoms with Crippen molar-refractivity contribution in [1.82, 2.24) is 5.32 Å². The van der Waals surface area contributed by atoms with Crippen molar-refractivity contribution in [3.63, 3.8) is 0 Å². The number of carboxylic acids is 1. The zero-order valence-corrected chi connectivity index (χ0v) is 15.9. The van der Waals surface area contributed by atoms with Crippen LogP contribution in [0.3, 0.4) is 0 Å². The molecule has 0 bridgehead atoms. The van der Waals surface area contributed by atoms with Crippen molar-refractivity contribution in [1.29, 1.82) is 0 Å². The van der Waals surface area contributed by atoms with Crippen molar-refractivity contribution in [3.05, 3.63) is 25.3 Å². The van der Waals surface area contributed by atoms with Gasteiger partial charge in [0.1, 0.15) is 5.60 Å². The van der Waals surface area contributed by atoms with Crippen LogP contribution in [0.4, 0.5) is 4.79 Å². The molecule has 0 aromatic carbocycles. The van der Waals surface area contributed by atoms with E-state index in [9.17, 15) is 14.7 Å². The van der Waals surface area contributed by atoms with E-state index in [-0.39, 0.29) is 12.6 Å². The van der Waals surface area contributed by atoms with Crippen molar-refractivity contribution < 1.29 is 24.2 Å². The topological polar surface area (TPSA) is 84.9 Å². The molecule has 6 nitrogen and oxygen atoms in total. The Balaban J connectivity index is 4.68. The molecule has 0 aliphatic rings. The Morgan fingerprint density at radius 1 is 1.16 bits per heavy atom. The smallest absolute Gasteiger partial charge is 0.407 e. The van der Waals surface area contributed by atoms with Gasteiger partial charge in [0.2, 0.25) is 0 Å². The van der Waals surface area contributed by atoms with Gasteiger partial charge < -0.3 is 19.9 Å². The van der Waals surface area contributed by atoms with Gasteiger partial charge in [-0.15, -0.1) is 13.2 Å². The van der Waals surface area contributed by atoms with Crippen molar-refractivity contribution >= 4 is 12.1 Å². The summed E-state index contributed by atoms with van der Waals surface area (Å²) in [7, 11) is 0. The van der Waals surface area contributed by atoms with Gasteiger partial charge in [-0.2, -0.15) is 0 Å². The van der Waals surface area contributed by atoms with Gasteiger partial charge in [0.15, 0.2) is 0 Å². The zero-order valence-electron chi connectivity index (χ0n) is 15.9. The van der Waals surface area contributed by atoms with Gasteiger partial charge in [-0.05, 0) is 53.4 Å². The first kappa shape index (κ1) is 23.2. The maximum atomic E-state index is 11.8. The number of amides is 1. The van der Waals surface area contributed by atoms with E-state index in [0.29, 0.717) is 25.7 Å². The van der Waals surface area contributed by atoms with E-state index >= 15 is 0 Å². The van der Waals surface area contributed by atoms with E-state index in [1.165, 1.54) is 0 Å².